The summed E-state index contributed by atoms with van der Waals surface area (Å²) in [5.74, 6) is -1.31. The first-order chi connectivity index (χ1) is 12.5. The molecule has 2 aromatic rings. The monoisotopic (exact) mass is 362 g/mol. The van der Waals surface area contributed by atoms with E-state index >= 15 is 0 Å². The predicted molar refractivity (Wildman–Crippen MR) is 97.1 cm³/mol. The Bertz CT molecular complexity index is 764. The summed E-state index contributed by atoms with van der Waals surface area (Å²) in [6.45, 7) is 1.88. The second kappa shape index (κ2) is 8.15. The van der Waals surface area contributed by atoms with Gasteiger partial charge in [0.15, 0.2) is 11.6 Å². The minimum Gasteiger partial charge on any atom is -0.494 e. The third-order valence-electron chi connectivity index (χ3n) is 5.61. The van der Waals surface area contributed by atoms with Gasteiger partial charge in [-0.2, -0.15) is 4.39 Å². The van der Waals surface area contributed by atoms with Crippen molar-refractivity contribution in [3.8, 4) is 5.75 Å². The Kier molecular flexibility index (Phi) is 5.90. The summed E-state index contributed by atoms with van der Waals surface area (Å²) < 4.78 is 47.0. The van der Waals surface area contributed by atoms with E-state index < -0.39 is 11.6 Å². The highest BCUT2D eigenvalue weighted by Crippen LogP contribution is 2.39. The van der Waals surface area contributed by atoms with Crippen molar-refractivity contribution in [1.29, 1.82) is 0 Å². The van der Waals surface area contributed by atoms with Crippen molar-refractivity contribution >= 4 is 0 Å². The zero-order chi connectivity index (χ0) is 18.7. The molecule has 0 radical (unpaired) electrons. The van der Waals surface area contributed by atoms with Gasteiger partial charge in [-0.1, -0.05) is 18.2 Å². The van der Waals surface area contributed by atoms with Crippen LogP contribution in [0.4, 0.5) is 13.2 Å². The van der Waals surface area contributed by atoms with Crippen LogP contribution in [0.2, 0.25) is 0 Å². The fraction of sp³-hybridized carbons (Fsp3) is 0.455. The first kappa shape index (κ1) is 18.8. The Morgan fingerprint density at radius 1 is 0.962 bits per heavy atom. The van der Waals surface area contributed by atoms with Gasteiger partial charge in [0, 0.05) is 0 Å². The van der Waals surface area contributed by atoms with Crippen LogP contribution >= 0.6 is 0 Å². The van der Waals surface area contributed by atoms with Crippen LogP contribution in [0, 0.1) is 30.3 Å². The molecule has 1 aliphatic carbocycles. The summed E-state index contributed by atoms with van der Waals surface area (Å²) in [6.07, 6.45) is 5.27. The number of aryl methyl sites for hydroxylation is 2. The second-order valence-corrected chi connectivity index (χ2v) is 7.34. The molecule has 0 amide bonds. The molecule has 140 valence electrons. The molecule has 0 heterocycles. The Morgan fingerprint density at radius 2 is 1.69 bits per heavy atom. The van der Waals surface area contributed by atoms with Gasteiger partial charge in [-0.25, -0.2) is 8.78 Å². The molecule has 0 unspecified atom stereocenters. The average molecular weight is 362 g/mol. The molecule has 1 nitrogen and oxygen atoms in total. The zero-order valence-electron chi connectivity index (χ0n) is 15.3. The standard InChI is InChI=1S/C22H25F3O/c1-14-3-7-17(19(23)13-14)10-6-15-4-8-16(9-5-15)18-11-12-20(26-2)22(25)21(18)24/h3,7,11-13,15-16H,4-6,8-10H2,1-2H3. The lowest BCUT2D eigenvalue weighted by Gasteiger charge is -2.29. The van der Waals surface area contributed by atoms with Gasteiger partial charge >= 0.3 is 0 Å². The van der Waals surface area contributed by atoms with E-state index in [0.29, 0.717) is 11.5 Å². The SMILES string of the molecule is COc1ccc(C2CCC(CCc3ccc(C)cc3F)CC2)c(F)c1F. The topological polar surface area (TPSA) is 9.23 Å². The van der Waals surface area contributed by atoms with Gasteiger partial charge in [0.2, 0.25) is 5.82 Å². The maximum Gasteiger partial charge on any atom is 0.200 e. The summed E-state index contributed by atoms with van der Waals surface area (Å²) in [7, 11) is 1.33. The summed E-state index contributed by atoms with van der Waals surface area (Å²) in [4.78, 5) is 0. The van der Waals surface area contributed by atoms with Crippen molar-refractivity contribution in [2.75, 3.05) is 7.11 Å². The van der Waals surface area contributed by atoms with Crippen LogP contribution in [0.25, 0.3) is 0 Å². The highest BCUT2D eigenvalue weighted by Gasteiger charge is 2.26. The summed E-state index contributed by atoms with van der Waals surface area (Å²) in [5.41, 5.74) is 2.15. The number of hydrogen-bond acceptors (Lipinski definition) is 1. The lowest BCUT2D eigenvalue weighted by molar-refractivity contribution is 0.302. The Hall–Kier alpha value is -1.97. The van der Waals surface area contributed by atoms with E-state index in [4.69, 9.17) is 4.74 Å². The number of benzene rings is 2. The van der Waals surface area contributed by atoms with Gasteiger partial charge in [0.05, 0.1) is 7.11 Å². The van der Waals surface area contributed by atoms with Gasteiger partial charge in [0.25, 0.3) is 0 Å². The number of hydrogen-bond donors (Lipinski definition) is 0. The van der Waals surface area contributed by atoms with E-state index in [2.05, 4.69) is 0 Å². The number of rotatable bonds is 5. The highest BCUT2D eigenvalue weighted by molar-refractivity contribution is 5.33. The number of ether oxygens (including phenoxy) is 1. The molecule has 4 heteroatoms. The van der Waals surface area contributed by atoms with Crippen LogP contribution in [0.15, 0.2) is 30.3 Å². The molecule has 2 aromatic carbocycles. The molecule has 0 saturated heterocycles. The maximum absolute atomic E-state index is 14.3. The Labute approximate surface area is 153 Å². The van der Waals surface area contributed by atoms with Crippen LogP contribution in [-0.4, -0.2) is 7.11 Å². The van der Waals surface area contributed by atoms with E-state index in [1.165, 1.54) is 13.2 Å². The van der Waals surface area contributed by atoms with Crippen molar-refractivity contribution in [1.82, 2.24) is 0 Å². The molecule has 1 saturated carbocycles. The fourth-order valence-electron chi connectivity index (χ4n) is 4.00. The van der Waals surface area contributed by atoms with Crippen LogP contribution < -0.4 is 4.74 Å². The molecule has 1 aliphatic rings. The molecule has 0 aliphatic heterocycles. The van der Waals surface area contributed by atoms with Crippen molar-refractivity contribution in [2.45, 2.75) is 51.4 Å². The smallest absolute Gasteiger partial charge is 0.200 e. The predicted octanol–water partition coefficient (Wildman–Crippen LogP) is 6.33. The molecular formula is C22H25F3O. The minimum absolute atomic E-state index is 0.0442. The van der Waals surface area contributed by atoms with Crippen LogP contribution in [0.5, 0.6) is 5.75 Å². The number of methoxy groups -OCH3 is 1. The van der Waals surface area contributed by atoms with Gasteiger partial charge < -0.3 is 4.74 Å². The molecule has 3 rings (SSSR count). The van der Waals surface area contributed by atoms with Crippen molar-refractivity contribution in [2.24, 2.45) is 5.92 Å². The molecule has 0 aromatic heterocycles. The molecule has 0 bridgehead atoms. The number of halogens is 3. The molecule has 0 atom stereocenters. The first-order valence-electron chi connectivity index (χ1n) is 9.26. The van der Waals surface area contributed by atoms with E-state index in [0.717, 1.165) is 49.7 Å². The van der Waals surface area contributed by atoms with Gasteiger partial charge in [-0.3, -0.25) is 0 Å². The van der Waals surface area contributed by atoms with Crippen molar-refractivity contribution in [3.63, 3.8) is 0 Å². The van der Waals surface area contributed by atoms with Crippen LogP contribution in [-0.2, 0) is 6.42 Å². The van der Waals surface area contributed by atoms with E-state index in [-0.39, 0.29) is 17.5 Å². The molecule has 26 heavy (non-hydrogen) atoms. The summed E-state index contributed by atoms with van der Waals surface area (Å²) in [6, 6.07) is 8.53. The Balaban J connectivity index is 1.57. The minimum atomic E-state index is -0.901. The largest absolute Gasteiger partial charge is 0.494 e. The fourth-order valence-corrected chi connectivity index (χ4v) is 4.00. The molecule has 0 spiro atoms. The lowest BCUT2D eigenvalue weighted by Crippen LogP contribution is -2.15. The first-order valence-corrected chi connectivity index (χ1v) is 9.26. The van der Waals surface area contributed by atoms with Gasteiger partial charge in [-0.15, -0.1) is 0 Å². The second-order valence-electron chi connectivity index (χ2n) is 7.34. The van der Waals surface area contributed by atoms with Crippen LogP contribution in [0.3, 0.4) is 0 Å². The average Bonchev–Trinajstić information content (AvgIpc) is 2.64. The van der Waals surface area contributed by atoms with E-state index in [9.17, 15) is 13.2 Å². The molecule has 0 N–H and O–H groups in total. The normalized spacial score (nSPS) is 20.2. The summed E-state index contributed by atoms with van der Waals surface area (Å²) in [5, 5.41) is 0. The highest BCUT2D eigenvalue weighted by atomic mass is 19.2. The van der Waals surface area contributed by atoms with Crippen molar-refractivity contribution in [3.05, 3.63) is 64.5 Å². The van der Waals surface area contributed by atoms with E-state index in [1.54, 1.807) is 12.1 Å². The van der Waals surface area contributed by atoms with Crippen LogP contribution in [0.1, 0.15) is 54.7 Å². The molecular weight excluding hydrogens is 337 g/mol. The summed E-state index contributed by atoms with van der Waals surface area (Å²) >= 11 is 0. The van der Waals surface area contributed by atoms with E-state index in [1.807, 2.05) is 19.1 Å². The Morgan fingerprint density at radius 3 is 2.35 bits per heavy atom. The zero-order valence-corrected chi connectivity index (χ0v) is 15.3. The quantitative estimate of drug-likeness (QED) is 0.604. The lowest BCUT2D eigenvalue weighted by atomic mass is 9.76. The van der Waals surface area contributed by atoms with Crippen molar-refractivity contribution < 1.29 is 17.9 Å². The van der Waals surface area contributed by atoms with Gasteiger partial charge in [0.1, 0.15) is 5.82 Å². The maximum atomic E-state index is 14.3. The third kappa shape index (κ3) is 4.05. The third-order valence-corrected chi connectivity index (χ3v) is 5.61. The van der Waals surface area contributed by atoms with Gasteiger partial charge in [-0.05, 0) is 86.1 Å². The molecule has 1 fully saturated rings.